The van der Waals surface area contributed by atoms with Gasteiger partial charge in [0.25, 0.3) is 0 Å². The number of allylic oxidation sites excluding steroid dienone is 2. The van der Waals surface area contributed by atoms with Crippen LogP contribution in [0.15, 0.2) is 28.5 Å². The molecule has 1 aliphatic heterocycles. The van der Waals surface area contributed by atoms with E-state index in [0.717, 1.165) is 0 Å². The maximum atomic E-state index is 2.37. The zero-order valence-corrected chi connectivity index (χ0v) is 9.67. The van der Waals surface area contributed by atoms with Crippen molar-refractivity contribution in [3.05, 3.63) is 33.4 Å². The van der Waals surface area contributed by atoms with E-state index in [0.29, 0.717) is 5.41 Å². The average molecular weight is 210 g/mol. The zero-order chi connectivity index (χ0) is 9.31. The number of hydrogen-bond acceptors (Lipinski definition) is 2. The first-order valence-electron chi connectivity index (χ1n) is 4.54. The van der Waals surface area contributed by atoms with Gasteiger partial charge in [-0.15, -0.1) is 23.1 Å². The highest BCUT2D eigenvalue weighted by molar-refractivity contribution is 8.03. The van der Waals surface area contributed by atoms with E-state index in [2.05, 4.69) is 37.4 Å². The van der Waals surface area contributed by atoms with Crippen molar-refractivity contribution in [2.45, 2.75) is 25.7 Å². The van der Waals surface area contributed by atoms with Gasteiger partial charge < -0.3 is 0 Å². The molecule has 2 heteroatoms. The Balaban J connectivity index is 2.24. The number of rotatable bonds is 1. The fourth-order valence-corrected chi connectivity index (χ4v) is 3.57. The summed E-state index contributed by atoms with van der Waals surface area (Å²) in [6.45, 7) is 4.58. The molecule has 1 atom stereocenters. The molecule has 0 aliphatic carbocycles. The van der Waals surface area contributed by atoms with Crippen molar-refractivity contribution in [1.29, 1.82) is 0 Å². The van der Waals surface area contributed by atoms with Crippen LogP contribution in [0, 0.1) is 0 Å². The summed E-state index contributed by atoms with van der Waals surface area (Å²) in [5, 5.41) is 2.18. The molecule has 0 N–H and O–H groups in total. The van der Waals surface area contributed by atoms with Crippen LogP contribution in [0.3, 0.4) is 0 Å². The van der Waals surface area contributed by atoms with Crippen LogP contribution in [-0.4, -0.2) is 5.75 Å². The SMILES string of the molecule is CC1=CCC(C)(c2cccs2)CS1. The van der Waals surface area contributed by atoms with Crippen molar-refractivity contribution in [2.24, 2.45) is 0 Å². The first-order chi connectivity index (χ1) is 6.21. The molecule has 0 saturated heterocycles. The summed E-state index contributed by atoms with van der Waals surface area (Å²) in [5.74, 6) is 1.23. The molecule has 0 nitrogen and oxygen atoms in total. The van der Waals surface area contributed by atoms with Crippen LogP contribution in [0.1, 0.15) is 25.1 Å². The fourth-order valence-electron chi connectivity index (χ4n) is 1.55. The lowest BCUT2D eigenvalue weighted by Gasteiger charge is -2.30. The van der Waals surface area contributed by atoms with Crippen LogP contribution in [0.5, 0.6) is 0 Å². The van der Waals surface area contributed by atoms with Gasteiger partial charge in [-0.3, -0.25) is 0 Å². The maximum Gasteiger partial charge on any atom is 0.0147 e. The Morgan fingerprint density at radius 1 is 1.46 bits per heavy atom. The molecule has 0 bridgehead atoms. The van der Waals surface area contributed by atoms with Crippen LogP contribution >= 0.6 is 23.1 Å². The van der Waals surface area contributed by atoms with E-state index in [4.69, 9.17) is 0 Å². The minimum atomic E-state index is 0.387. The summed E-state index contributed by atoms with van der Waals surface area (Å²) in [5.41, 5.74) is 0.387. The van der Waals surface area contributed by atoms with Crippen LogP contribution in [0.4, 0.5) is 0 Å². The van der Waals surface area contributed by atoms with Crippen LogP contribution < -0.4 is 0 Å². The number of thioether (sulfide) groups is 1. The van der Waals surface area contributed by atoms with Gasteiger partial charge in [-0.05, 0) is 29.7 Å². The van der Waals surface area contributed by atoms with E-state index in [1.54, 1.807) is 0 Å². The zero-order valence-electron chi connectivity index (χ0n) is 8.04. The highest BCUT2D eigenvalue weighted by Gasteiger charge is 2.29. The summed E-state index contributed by atoms with van der Waals surface area (Å²) in [6, 6.07) is 4.42. The Labute approximate surface area is 88.1 Å². The van der Waals surface area contributed by atoms with Gasteiger partial charge in [0, 0.05) is 16.0 Å². The summed E-state index contributed by atoms with van der Waals surface area (Å²) >= 11 is 3.88. The molecule has 1 aromatic heterocycles. The predicted octanol–water partition coefficient (Wildman–Crippen LogP) is 4.05. The third-order valence-electron chi connectivity index (χ3n) is 2.57. The standard InChI is InChI=1S/C11H14S2/c1-9-5-6-11(2,8-13-9)10-4-3-7-12-10/h3-5,7H,6,8H2,1-2H3. The van der Waals surface area contributed by atoms with E-state index in [-0.39, 0.29) is 0 Å². The van der Waals surface area contributed by atoms with Crippen LogP contribution in [-0.2, 0) is 5.41 Å². The van der Waals surface area contributed by atoms with Gasteiger partial charge in [-0.2, -0.15) is 0 Å². The second-order valence-corrected chi connectivity index (χ2v) is 6.01. The summed E-state index contributed by atoms with van der Waals surface area (Å²) < 4.78 is 0. The lowest BCUT2D eigenvalue weighted by molar-refractivity contribution is 0.552. The quantitative estimate of drug-likeness (QED) is 0.674. The normalized spacial score (nSPS) is 28.6. The van der Waals surface area contributed by atoms with Crippen molar-refractivity contribution in [3.8, 4) is 0 Å². The van der Waals surface area contributed by atoms with Crippen molar-refractivity contribution in [1.82, 2.24) is 0 Å². The molecule has 1 aromatic rings. The minimum absolute atomic E-state index is 0.387. The highest BCUT2D eigenvalue weighted by Crippen LogP contribution is 2.40. The molecule has 2 rings (SSSR count). The smallest absolute Gasteiger partial charge is 0.0147 e. The summed E-state index contributed by atoms with van der Waals surface area (Å²) in [4.78, 5) is 3.01. The Morgan fingerprint density at radius 3 is 2.85 bits per heavy atom. The molecule has 0 spiro atoms. The third-order valence-corrected chi connectivity index (χ3v) is 5.15. The van der Waals surface area contributed by atoms with Crippen molar-refractivity contribution < 1.29 is 0 Å². The summed E-state index contributed by atoms with van der Waals surface area (Å²) in [6.07, 6.45) is 3.57. The van der Waals surface area contributed by atoms with Crippen molar-refractivity contribution in [3.63, 3.8) is 0 Å². The average Bonchev–Trinajstić information content (AvgIpc) is 2.63. The topological polar surface area (TPSA) is 0 Å². The molecule has 0 aromatic carbocycles. The Bertz CT molecular complexity index is 311. The first-order valence-corrected chi connectivity index (χ1v) is 6.41. The van der Waals surface area contributed by atoms with E-state index in [1.165, 1.54) is 22.0 Å². The second kappa shape index (κ2) is 3.50. The molecule has 0 amide bonds. The second-order valence-electron chi connectivity index (χ2n) is 3.85. The Morgan fingerprint density at radius 2 is 2.31 bits per heavy atom. The molecule has 70 valence electrons. The lowest BCUT2D eigenvalue weighted by atomic mass is 9.87. The minimum Gasteiger partial charge on any atom is -0.148 e. The van der Waals surface area contributed by atoms with Gasteiger partial charge in [0.15, 0.2) is 0 Å². The maximum absolute atomic E-state index is 2.37. The van der Waals surface area contributed by atoms with Crippen LogP contribution in [0.2, 0.25) is 0 Å². The number of thiophene rings is 1. The third kappa shape index (κ3) is 1.84. The molecule has 2 heterocycles. The van der Waals surface area contributed by atoms with Gasteiger partial charge in [0.1, 0.15) is 0 Å². The Hall–Kier alpha value is -0.210. The fraction of sp³-hybridized carbons (Fsp3) is 0.455. The molecule has 13 heavy (non-hydrogen) atoms. The van der Waals surface area contributed by atoms with Gasteiger partial charge in [-0.25, -0.2) is 0 Å². The summed E-state index contributed by atoms with van der Waals surface area (Å²) in [7, 11) is 0. The molecule has 0 radical (unpaired) electrons. The highest BCUT2D eigenvalue weighted by atomic mass is 32.2. The van der Waals surface area contributed by atoms with Gasteiger partial charge >= 0.3 is 0 Å². The lowest BCUT2D eigenvalue weighted by Crippen LogP contribution is -2.25. The van der Waals surface area contributed by atoms with E-state index in [9.17, 15) is 0 Å². The monoisotopic (exact) mass is 210 g/mol. The predicted molar refractivity (Wildman–Crippen MR) is 62.5 cm³/mol. The number of hydrogen-bond donors (Lipinski definition) is 0. The van der Waals surface area contributed by atoms with Crippen molar-refractivity contribution >= 4 is 23.1 Å². The molecule has 0 saturated carbocycles. The van der Waals surface area contributed by atoms with Gasteiger partial charge in [0.05, 0.1) is 0 Å². The van der Waals surface area contributed by atoms with Gasteiger partial charge in [-0.1, -0.05) is 19.1 Å². The first kappa shape index (κ1) is 9.35. The molecular weight excluding hydrogens is 196 g/mol. The van der Waals surface area contributed by atoms with E-state index < -0.39 is 0 Å². The molecule has 1 unspecified atom stereocenters. The molecule has 0 fully saturated rings. The molecule has 1 aliphatic rings. The van der Waals surface area contributed by atoms with Gasteiger partial charge in [0.2, 0.25) is 0 Å². The largest absolute Gasteiger partial charge is 0.148 e. The van der Waals surface area contributed by atoms with E-state index in [1.807, 2.05) is 23.1 Å². The van der Waals surface area contributed by atoms with Crippen LogP contribution in [0.25, 0.3) is 0 Å². The van der Waals surface area contributed by atoms with Crippen molar-refractivity contribution in [2.75, 3.05) is 5.75 Å². The molecular formula is C11H14S2. The van der Waals surface area contributed by atoms with E-state index >= 15 is 0 Å². The Kier molecular flexibility index (Phi) is 2.52.